The van der Waals surface area contributed by atoms with Crippen LogP contribution in [-0.4, -0.2) is 35.8 Å². The number of hydrogen-bond acceptors (Lipinski definition) is 3. The molecule has 1 atom stereocenters. The van der Waals surface area contributed by atoms with Gasteiger partial charge in [-0.3, -0.25) is 4.79 Å². The molecule has 1 aliphatic heterocycles. The average molecular weight is 319 g/mol. The highest BCUT2D eigenvalue weighted by molar-refractivity contribution is 5.81. The van der Waals surface area contributed by atoms with E-state index in [9.17, 15) is 9.18 Å². The molecule has 1 amide bonds. The van der Waals surface area contributed by atoms with Gasteiger partial charge in [0.05, 0.1) is 19.1 Å². The number of ether oxygens (including phenoxy) is 2. The van der Waals surface area contributed by atoms with E-state index in [2.05, 4.69) is 0 Å². The van der Waals surface area contributed by atoms with E-state index < -0.39 is 5.79 Å². The summed E-state index contributed by atoms with van der Waals surface area (Å²) in [7, 11) is 0. The Balaban J connectivity index is 1.53. The smallest absolute Gasteiger partial charge is 0.231 e. The first-order valence-electron chi connectivity index (χ1n) is 8.51. The summed E-state index contributed by atoms with van der Waals surface area (Å²) in [6.07, 6.45) is 4.69. The van der Waals surface area contributed by atoms with Crippen LogP contribution in [0.5, 0.6) is 0 Å². The zero-order valence-electron chi connectivity index (χ0n) is 13.2. The summed E-state index contributed by atoms with van der Waals surface area (Å²) in [4.78, 5) is 15.1. The topological polar surface area (TPSA) is 38.8 Å². The highest BCUT2D eigenvalue weighted by Crippen LogP contribution is 2.44. The van der Waals surface area contributed by atoms with Crippen LogP contribution < -0.4 is 0 Å². The van der Waals surface area contributed by atoms with Gasteiger partial charge in [-0.1, -0.05) is 12.1 Å². The molecule has 1 aromatic rings. The Kier molecular flexibility index (Phi) is 3.85. The number of halogens is 1. The maximum Gasteiger partial charge on any atom is 0.231 e. The number of hydrogen-bond donors (Lipinski definition) is 0. The molecule has 4 nitrogen and oxygen atoms in total. The van der Waals surface area contributed by atoms with Gasteiger partial charge >= 0.3 is 0 Å². The summed E-state index contributed by atoms with van der Waals surface area (Å²) in [6, 6.07) is 6.72. The molecule has 124 valence electrons. The van der Waals surface area contributed by atoms with E-state index in [0.29, 0.717) is 25.8 Å². The van der Waals surface area contributed by atoms with E-state index in [1.54, 1.807) is 12.1 Å². The molecule has 3 fully saturated rings. The molecule has 23 heavy (non-hydrogen) atoms. The number of nitrogens with zero attached hydrogens (tertiary/aromatic N) is 1. The largest absolute Gasteiger partial charge is 0.347 e. The molecule has 0 N–H and O–H groups in total. The Hall–Kier alpha value is -1.46. The Bertz CT molecular complexity index is 573. The van der Waals surface area contributed by atoms with Crippen molar-refractivity contribution in [1.29, 1.82) is 0 Å². The lowest BCUT2D eigenvalue weighted by Gasteiger charge is -2.33. The number of amides is 1. The molecule has 0 unspecified atom stereocenters. The fourth-order valence-electron chi connectivity index (χ4n) is 3.83. The van der Waals surface area contributed by atoms with Gasteiger partial charge in [0, 0.05) is 19.0 Å². The van der Waals surface area contributed by atoms with Crippen molar-refractivity contribution in [1.82, 2.24) is 4.90 Å². The standard InChI is InChI=1S/C18H22FNO3/c19-14-5-3-13(4-6-14)12-20(15-7-8-15)17(21)16-2-1-9-18(16)22-10-11-23-18/h3-6,15-16H,1-2,7-12H2/t16-/m0/s1. The molecule has 2 saturated carbocycles. The summed E-state index contributed by atoms with van der Waals surface area (Å²) in [5.74, 6) is -1.00. The van der Waals surface area contributed by atoms with Crippen LogP contribution in [0.3, 0.4) is 0 Å². The molecule has 1 aromatic carbocycles. The van der Waals surface area contributed by atoms with Crippen LogP contribution >= 0.6 is 0 Å². The van der Waals surface area contributed by atoms with Gasteiger partial charge in [-0.25, -0.2) is 4.39 Å². The molecule has 0 radical (unpaired) electrons. The van der Waals surface area contributed by atoms with Crippen LogP contribution in [0.15, 0.2) is 24.3 Å². The molecule has 2 aliphatic carbocycles. The second-order valence-corrected chi connectivity index (χ2v) is 6.78. The maximum atomic E-state index is 13.2. The van der Waals surface area contributed by atoms with Crippen LogP contribution in [0.25, 0.3) is 0 Å². The number of carbonyl (C=O) groups is 1. The van der Waals surface area contributed by atoms with E-state index in [1.165, 1.54) is 12.1 Å². The SMILES string of the molecule is O=C([C@@H]1CCCC12OCCO2)N(Cc1ccc(F)cc1)C1CC1. The predicted molar refractivity (Wildman–Crippen MR) is 81.9 cm³/mol. The minimum Gasteiger partial charge on any atom is -0.347 e. The first-order chi connectivity index (χ1) is 11.2. The van der Waals surface area contributed by atoms with Crippen molar-refractivity contribution in [3.63, 3.8) is 0 Å². The van der Waals surface area contributed by atoms with Crippen molar-refractivity contribution in [2.75, 3.05) is 13.2 Å². The van der Waals surface area contributed by atoms with Crippen molar-refractivity contribution in [3.05, 3.63) is 35.6 Å². The summed E-state index contributed by atoms with van der Waals surface area (Å²) >= 11 is 0. The Labute approximate surface area is 135 Å². The Morgan fingerprint density at radius 2 is 1.87 bits per heavy atom. The van der Waals surface area contributed by atoms with Crippen LogP contribution in [0.2, 0.25) is 0 Å². The lowest BCUT2D eigenvalue weighted by atomic mass is 10.00. The van der Waals surface area contributed by atoms with Gasteiger partial charge in [0.2, 0.25) is 5.91 Å². The van der Waals surface area contributed by atoms with Gasteiger partial charge in [0.15, 0.2) is 5.79 Å². The van der Waals surface area contributed by atoms with Crippen LogP contribution in [0.1, 0.15) is 37.7 Å². The first-order valence-corrected chi connectivity index (χ1v) is 8.51. The molecular weight excluding hydrogens is 297 g/mol. The zero-order valence-corrected chi connectivity index (χ0v) is 13.2. The third-order valence-electron chi connectivity index (χ3n) is 5.16. The Morgan fingerprint density at radius 1 is 1.17 bits per heavy atom. The summed E-state index contributed by atoms with van der Waals surface area (Å²) in [5, 5.41) is 0. The normalized spacial score (nSPS) is 25.9. The molecular formula is C18H22FNO3. The fourth-order valence-corrected chi connectivity index (χ4v) is 3.83. The third kappa shape index (κ3) is 2.88. The number of benzene rings is 1. The van der Waals surface area contributed by atoms with Gasteiger partial charge in [-0.2, -0.15) is 0 Å². The van der Waals surface area contributed by atoms with E-state index in [1.807, 2.05) is 4.90 Å². The minimum absolute atomic E-state index is 0.135. The van der Waals surface area contributed by atoms with E-state index in [0.717, 1.165) is 37.7 Å². The van der Waals surface area contributed by atoms with Crippen LogP contribution in [0.4, 0.5) is 4.39 Å². The fraction of sp³-hybridized carbons (Fsp3) is 0.611. The average Bonchev–Trinajstić information content (AvgIpc) is 3.15. The molecule has 3 aliphatic rings. The molecule has 4 rings (SSSR count). The first kappa shape index (κ1) is 15.1. The van der Waals surface area contributed by atoms with E-state index >= 15 is 0 Å². The maximum absolute atomic E-state index is 13.2. The van der Waals surface area contributed by atoms with E-state index in [4.69, 9.17) is 9.47 Å². The van der Waals surface area contributed by atoms with Crippen LogP contribution in [0, 0.1) is 11.7 Å². The summed E-state index contributed by atoms with van der Waals surface area (Å²) < 4.78 is 24.8. The molecule has 1 spiro atoms. The molecule has 5 heteroatoms. The third-order valence-corrected chi connectivity index (χ3v) is 5.16. The lowest BCUT2D eigenvalue weighted by molar-refractivity contribution is -0.192. The highest BCUT2D eigenvalue weighted by Gasteiger charge is 2.53. The van der Waals surface area contributed by atoms with Crippen LogP contribution in [-0.2, 0) is 20.8 Å². The zero-order chi connectivity index (χ0) is 15.9. The van der Waals surface area contributed by atoms with Crippen molar-refractivity contribution in [3.8, 4) is 0 Å². The number of rotatable bonds is 4. The second kappa shape index (κ2) is 5.87. The molecule has 0 aromatic heterocycles. The quantitative estimate of drug-likeness (QED) is 0.856. The van der Waals surface area contributed by atoms with Crippen molar-refractivity contribution in [2.45, 2.75) is 50.5 Å². The highest BCUT2D eigenvalue weighted by atomic mass is 19.1. The van der Waals surface area contributed by atoms with Gasteiger partial charge in [0.1, 0.15) is 5.82 Å². The monoisotopic (exact) mass is 319 g/mol. The van der Waals surface area contributed by atoms with Crippen molar-refractivity contribution >= 4 is 5.91 Å². The molecule has 1 saturated heterocycles. The second-order valence-electron chi connectivity index (χ2n) is 6.78. The van der Waals surface area contributed by atoms with Crippen molar-refractivity contribution < 1.29 is 18.7 Å². The molecule has 0 bridgehead atoms. The molecule has 1 heterocycles. The van der Waals surface area contributed by atoms with Gasteiger partial charge in [-0.05, 0) is 43.4 Å². The Morgan fingerprint density at radius 3 is 2.52 bits per heavy atom. The van der Waals surface area contributed by atoms with Gasteiger partial charge in [0.25, 0.3) is 0 Å². The van der Waals surface area contributed by atoms with E-state index in [-0.39, 0.29) is 17.6 Å². The van der Waals surface area contributed by atoms with Crippen molar-refractivity contribution in [2.24, 2.45) is 5.92 Å². The summed E-state index contributed by atoms with van der Waals surface area (Å²) in [5.41, 5.74) is 0.965. The number of carbonyl (C=O) groups excluding carboxylic acids is 1. The summed E-state index contributed by atoms with van der Waals surface area (Å²) in [6.45, 7) is 1.69. The van der Waals surface area contributed by atoms with Gasteiger partial charge < -0.3 is 14.4 Å². The predicted octanol–water partition coefficient (Wildman–Crippen LogP) is 2.86. The minimum atomic E-state index is -0.687. The van der Waals surface area contributed by atoms with Gasteiger partial charge in [-0.15, -0.1) is 0 Å². The lowest BCUT2D eigenvalue weighted by Crippen LogP contribution is -2.46.